The van der Waals surface area contributed by atoms with E-state index in [1.807, 2.05) is 0 Å². The molecule has 10 nitrogen and oxygen atoms in total. The molecule has 0 saturated carbocycles. The molecule has 0 amide bonds. The Morgan fingerprint density at radius 3 is 1.50 bits per heavy atom. The summed E-state index contributed by atoms with van der Waals surface area (Å²) in [6.07, 6.45) is -2.52. The predicted octanol–water partition coefficient (Wildman–Crippen LogP) is -1.45. The van der Waals surface area contributed by atoms with Crippen molar-refractivity contribution in [3.8, 4) is 0 Å². The largest absolute Gasteiger partial charge is 0.370 e. The van der Waals surface area contributed by atoms with Gasteiger partial charge in [0.25, 0.3) is 0 Å². The van der Waals surface area contributed by atoms with Gasteiger partial charge >= 0.3 is 0 Å². The van der Waals surface area contributed by atoms with E-state index in [0.717, 1.165) is 0 Å². The van der Waals surface area contributed by atoms with Gasteiger partial charge in [0.1, 0.15) is 24.4 Å². The SMILES string of the molecule is ON(O)OC1COC2C(ON(O)O)COC12. The quantitative estimate of drug-likeness (QED) is 0.433. The highest BCUT2D eigenvalue weighted by Crippen LogP contribution is 2.30. The van der Waals surface area contributed by atoms with Crippen molar-refractivity contribution < 1.29 is 40.0 Å². The van der Waals surface area contributed by atoms with Crippen LogP contribution in [-0.4, -0.2) is 69.2 Å². The topological polar surface area (TPSA) is 124 Å². The number of nitrogens with zero attached hydrogens (tertiary/aromatic N) is 2. The first kappa shape index (κ1) is 12.1. The first-order valence-electron chi connectivity index (χ1n) is 4.50. The average Bonchev–Trinajstić information content (AvgIpc) is 2.70. The Kier molecular flexibility index (Phi) is 3.66. The minimum Gasteiger partial charge on any atom is -0.370 e. The Hall–Kier alpha value is -0.400. The van der Waals surface area contributed by atoms with E-state index < -0.39 is 35.2 Å². The maximum Gasteiger partial charge on any atom is 0.136 e. The fraction of sp³-hybridized carbons (Fsp3) is 1.00. The molecule has 4 unspecified atom stereocenters. The van der Waals surface area contributed by atoms with Gasteiger partial charge in [-0.2, -0.15) is 0 Å². The van der Waals surface area contributed by atoms with Crippen LogP contribution in [0.4, 0.5) is 0 Å². The van der Waals surface area contributed by atoms with Crippen molar-refractivity contribution in [2.45, 2.75) is 24.4 Å². The zero-order chi connectivity index (χ0) is 11.7. The number of fused-ring (bicyclic) bond motifs is 1. The van der Waals surface area contributed by atoms with Gasteiger partial charge < -0.3 is 9.47 Å². The standard InChI is InChI=1S/C6H12N2O8/c9-7(10)15-3-1-13-6-4(16-8(11)12)2-14-5(3)6/h3-6,9-12H,1-2H2. The lowest BCUT2D eigenvalue weighted by atomic mass is 10.1. The summed E-state index contributed by atoms with van der Waals surface area (Å²) in [5.41, 5.74) is 0. The molecule has 4 atom stereocenters. The molecule has 94 valence electrons. The van der Waals surface area contributed by atoms with E-state index in [4.69, 9.17) is 30.3 Å². The summed E-state index contributed by atoms with van der Waals surface area (Å²) in [4.78, 5) is 9.16. The molecular formula is C6H12N2O8. The molecule has 2 fully saturated rings. The summed E-state index contributed by atoms with van der Waals surface area (Å²) >= 11 is 0. The van der Waals surface area contributed by atoms with E-state index in [2.05, 4.69) is 9.68 Å². The number of rotatable bonds is 4. The van der Waals surface area contributed by atoms with Crippen molar-refractivity contribution in [1.82, 2.24) is 10.8 Å². The summed E-state index contributed by atoms with van der Waals surface area (Å²) in [6, 6.07) is 0. The molecule has 0 spiro atoms. The zero-order valence-corrected chi connectivity index (χ0v) is 8.04. The van der Waals surface area contributed by atoms with E-state index in [1.54, 1.807) is 0 Å². The van der Waals surface area contributed by atoms with Gasteiger partial charge in [0.05, 0.1) is 24.0 Å². The van der Waals surface area contributed by atoms with Crippen LogP contribution in [0.1, 0.15) is 0 Å². The summed E-state index contributed by atoms with van der Waals surface area (Å²) in [6.45, 7) is 0.146. The minimum atomic E-state index is -0.695. The number of ether oxygens (including phenoxy) is 2. The summed E-state index contributed by atoms with van der Waals surface area (Å²) in [5, 5.41) is 33.1. The third-order valence-electron chi connectivity index (χ3n) is 2.42. The second-order valence-electron chi connectivity index (χ2n) is 3.39. The second kappa shape index (κ2) is 4.85. The highest BCUT2D eigenvalue weighted by molar-refractivity contribution is 4.95. The van der Waals surface area contributed by atoms with Crippen molar-refractivity contribution in [3.63, 3.8) is 0 Å². The highest BCUT2D eigenvalue weighted by atomic mass is 17.1. The van der Waals surface area contributed by atoms with Gasteiger partial charge in [-0.15, -0.1) is 0 Å². The number of hydrogen-bond acceptors (Lipinski definition) is 10. The first-order valence-corrected chi connectivity index (χ1v) is 4.50. The van der Waals surface area contributed by atoms with Gasteiger partial charge in [-0.25, -0.2) is 9.68 Å². The maximum absolute atomic E-state index is 8.48. The lowest BCUT2D eigenvalue weighted by Gasteiger charge is -2.17. The van der Waals surface area contributed by atoms with Crippen LogP contribution in [0.5, 0.6) is 0 Å². The van der Waals surface area contributed by atoms with Crippen LogP contribution in [0.15, 0.2) is 0 Å². The highest BCUT2D eigenvalue weighted by Gasteiger charge is 2.50. The molecule has 0 radical (unpaired) electrons. The second-order valence-corrected chi connectivity index (χ2v) is 3.39. The lowest BCUT2D eigenvalue weighted by molar-refractivity contribution is -0.507. The number of hydrogen-bond donors (Lipinski definition) is 4. The van der Waals surface area contributed by atoms with Crippen molar-refractivity contribution in [1.29, 1.82) is 0 Å². The molecule has 2 saturated heterocycles. The van der Waals surface area contributed by atoms with Gasteiger partial charge in [-0.3, -0.25) is 20.8 Å². The molecule has 0 aliphatic carbocycles. The smallest absolute Gasteiger partial charge is 0.136 e. The molecule has 16 heavy (non-hydrogen) atoms. The molecule has 2 aliphatic rings. The average molecular weight is 240 g/mol. The van der Waals surface area contributed by atoms with Crippen LogP contribution in [-0.2, 0) is 19.1 Å². The van der Waals surface area contributed by atoms with Gasteiger partial charge in [0.2, 0.25) is 0 Å². The lowest BCUT2D eigenvalue weighted by Crippen LogP contribution is -2.38. The van der Waals surface area contributed by atoms with Gasteiger partial charge in [-0.05, 0) is 0 Å². The van der Waals surface area contributed by atoms with Crippen molar-refractivity contribution >= 4 is 0 Å². The molecule has 2 heterocycles. The summed E-state index contributed by atoms with van der Waals surface area (Å²) in [5.74, 6) is 0. The Labute approximate surface area is 89.4 Å². The maximum atomic E-state index is 8.48. The normalized spacial score (nSPS) is 38.6. The van der Waals surface area contributed by atoms with E-state index >= 15 is 0 Å². The van der Waals surface area contributed by atoms with Gasteiger partial charge in [0, 0.05) is 0 Å². The Morgan fingerprint density at radius 1 is 0.812 bits per heavy atom. The van der Waals surface area contributed by atoms with Crippen LogP contribution >= 0.6 is 0 Å². The minimum absolute atomic E-state index is 0.0731. The zero-order valence-electron chi connectivity index (χ0n) is 8.04. The summed E-state index contributed by atoms with van der Waals surface area (Å²) < 4.78 is 10.5. The van der Waals surface area contributed by atoms with Gasteiger partial charge in [0.15, 0.2) is 0 Å². The van der Waals surface area contributed by atoms with E-state index in [-0.39, 0.29) is 13.2 Å². The summed E-state index contributed by atoms with van der Waals surface area (Å²) in [7, 11) is 0. The van der Waals surface area contributed by atoms with Crippen LogP contribution in [0.3, 0.4) is 0 Å². The van der Waals surface area contributed by atoms with E-state index in [0.29, 0.717) is 0 Å². The molecule has 2 aliphatic heterocycles. The van der Waals surface area contributed by atoms with Crippen molar-refractivity contribution in [2.75, 3.05) is 13.2 Å². The van der Waals surface area contributed by atoms with Crippen LogP contribution in [0.25, 0.3) is 0 Å². The molecule has 0 aromatic heterocycles. The predicted molar refractivity (Wildman–Crippen MR) is 40.1 cm³/mol. The van der Waals surface area contributed by atoms with E-state index in [9.17, 15) is 0 Å². The molecule has 0 aromatic rings. The molecule has 0 aromatic carbocycles. The fourth-order valence-corrected chi connectivity index (χ4v) is 1.85. The third-order valence-corrected chi connectivity index (χ3v) is 2.42. The molecule has 10 heteroatoms. The Morgan fingerprint density at radius 2 is 1.19 bits per heavy atom. The molecule has 0 bridgehead atoms. The van der Waals surface area contributed by atoms with Crippen LogP contribution in [0.2, 0.25) is 0 Å². The van der Waals surface area contributed by atoms with E-state index in [1.165, 1.54) is 0 Å². The molecule has 2 rings (SSSR count). The monoisotopic (exact) mass is 240 g/mol. The molecular weight excluding hydrogens is 228 g/mol. The first-order chi connectivity index (χ1) is 7.58. The van der Waals surface area contributed by atoms with Crippen molar-refractivity contribution in [2.24, 2.45) is 0 Å². The molecule has 4 N–H and O–H groups in total. The fourth-order valence-electron chi connectivity index (χ4n) is 1.85. The Bertz CT molecular complexity index is 215. The van der Waals surface area contributed by atoms with Crippen LogP contribution < -0.4 is 0 Å². The van der Waals surface area contributed by atoms with Crippen molar-refractivity contribution in [3.05, 3.63) is 0 Å². The van der Waals surface area contributed by atoms with Gasteiger partial charge in [-0.1, -0.05) is 0 Å². The third kappa shape index (κ3) is 2.46. The van der Waals surface area contributed by atoms with Crippen LogP contribution in [0, 0.1) is 0 Å². The Balaban J connectivity index is 1.90.